The third-order valence-electron chi connectivity index (χ3n) is 3.07. The smallest absolute Gasteiger partial charge is 0.330 e. The van der Waals surface area contributed by atoms with Crippen LogP contribution in [0, 0.1) is 0 Å². The number of hydrogen-bond donors (Lipinski definition) is 0. The zero-order valence-electron chi connectivity index (χ0n) is 12.2. The molecule has 0 aromatic heterocycles. The highest BCUT2D eigenvalue weighted by molar-refractivity contribution is 6.74. The average Bonchev–Trinajstić information content (AvgIpc) is 2.22. The van der Waals surface area contributed by atoms with Gasteiger partial charge in [0, 0.05) is 6.08 Å². The van der Waals surface area contributed by atoms with Crippen LogP contribution in [0.2, 0.25) is 18.1 Å². The maximum atomic E-state index is 11.5. The molecule has 0 N–H and O–H groups in total. The maximum Gasteiger partial charge on any atom is 0.330 e. The summed E-state index contributed by atoms with van der Waals surface area (Å²) in [5.74, 6) is -0.717. The van der Waals surface area contributed by atoms with Gasteiger partial charge in [0.05, 0.1) is 13.2 Å². The minimum atomic E-state index is -1.91. The lowest BCUT2D eigenvalue weighted by Crippen LogP contribution is -2.41. The lowest BCUT2D eigenvalue weighted by Gasteiger charge is -2.35. The van der Waals surface area contributed by atoms with Gasteiger partial charge in [-0.1, -0.05) is 20.8 Å². The number of esters is 1. The van der Waals surface area contributed by atoms with Crippen LogP contribution < -0.4 is 0 Å². The monoisotopic (exact) mass is 272 g/mol. The molecule has 0 saturated carbocycles. The Bertz CT molecular complexity index is 326. The van der Waals surface area contributed by atoms with E-state index in [0.717, 1.165) is 6.08 Å². The Hall–Kier alpha value is -0.943. The number of carbonyl (C=O) groups excluding carboxylic acids is 2. The molecule has 0 atom stereocenters. The van der Waals surface area contributed by atoms with Crippen LogP contribution in [-0.2, 0) is 18.8 Å². The van der Waals surface area contributed by atoms with Gasteiger partial charge in [0.1, 0.15) is 0 Å². The van der Waals surface area contributed by atoms with Gasteiger partial charge in [-0.05, 0) is 31.1 Å². The van der Waals surface area contributed by atoms with E-state index in [1.807, 2.05) is 0 Å². The van der Waals surface area contributed by atoms with Crippen molar-refractivity contribution in [1.29, 1.82) is 0 Å². The van der Waals surface area contributed by atoms with Crippen molar-refractivity contribution in [1.82, 2.24) is 0 Å². The van der Waals surface area contributed by atoms with Crippen LogP contribution in [-0.4, -0.2) is 33.3 Å². The van der Waals surface area contributed by atoms with Crippen molar-refractivity contribution in [3.63, 3.8) is 0 Å². The first-order chi connectivity index (χ1) is 8.10. The highest BCUT2D eigenvalue weighted by Gasteiger charge is 2.37. The molecule has 0 fully saturated rings. The summed E-state index contributed by atoms with van der Waals surface area (Å²) in [6.07, 6.45) is 2.35. The summed E-state index contributed by atoms with van der Waals surface area (Å²) in [4.78, 5) is 22.5. The minimum absolute atomic E-state index is 0.0202. The molecule has 0 amide bonds. The summed E-state index contributed by atoms with van der Waals surface area (Å²) >= 11 is 0. The van der Waals surface area contributed by atoms with E-state index in [9.17, 15) is 9.59 Å². The maximum absolute atomic E-state index is 11.5. The first-order valence-electron chi connectivity index (χ1n) is 6.12. The first kappa shape index (κ1) is 17.1. The lowest BCUT2D eigenvalue weighted by atomic mass is 10.2. The van der Waals surface area contributed by atoms with Crippen LogP contribution >= 0.6 is 0 Å². The average molecular weight is 272 g/mol. The van der Waals surface area contributed by atoms with Crippen molar-refractivity contribution in [3.8, 4) is 0 Å². The highest BCUT2D eigenvalue weighted by atomic mass is 28.4. The van der Waals surface area contributed by atoms with Crippen molar-refractivity contribution < 1.29 is 18.8 Å². The fourth-order valence-electron chi connectivity index (χ4n) is 0.868. The van der Waals surface area contributed by atoms with Crippen molar-refractivity contribution >= 4 is 20.1 Å². The van der Waals surface area contributed by atoms with Crippen LogP contribution in [0.5, 0.6) is 0 Å². The summed E-state index contributed by atoms with van der Waals surface area (Å²) in [6.45, 7) is 12.5. The molecule has 0 aromatic carbocycles. The van der Waals surface area contributed by atoms with E-state index in [-0.39, 0.29) is 17.4 Å². The van der Waals surface area contributed by atoms with Crippen molar-refractivity contribution in [2.24, 2.45) is 0 Å². The number of rotatable bonds is 6. The van der Waals surface area contributed by atoms with Gasteiger partial charge in [0.15, 0.2) is 14.1 Å². The van der Waals surface area contributed by atoms with E-state index >= 15 is 0 Å². The Morgan fingerprint density at radius 2 is 1.72 bits per heavy atom. The Morgan fingerprint density at radius 1 is 1.17 bits per heavy atom. The van der Waals surface area contributed by atoms with Gasteiger partial charge in [-0.3, -0.25) is 4.79 Å². The summed E-state index contributed by atoms with van der Waals surface area (Å²) in [5, 5.41) is 0.0676. The van der Waals surface area contributed by atoms with Crippen LogP contribution in [0.4, 0.5) is 0 Å². The number of ether oxygens (including phenoxy) is 1. The van der Waals surface area contributed by atoms with Gasteiger partial charge >= 0.3 is 5.97 Å². The van der Waals surface area contributed by atoms with Gasteiger partial charge in [0.25, 0.3) is 0 Å². The summed E-state index contributed by atoms with van der Waals surface area (Å²) < 4.78 is 10.4. The van der Waals surface area contributed by atoms with E-state index in [2.05, 4.69) is 38.6 Å². The van der Waals surface area contributed by atoms with E-state index in [1.54, 1.807) is 6.92 Å². The number of hydrogen-bond acceptors (Lipinski definition) is 4. The molecule has 18 heavy (non-hydrogen) atoms. The van der Waals surface area contributed by atoms with Crippen LogP contribution in [0.25, 0.3) is 0 Å². The normalized spacial score (nSPS) is 12.8. The molecule has 104 valence electrons. The molecule has 0 aliphatic rings. The predicted molar refractivity (Wildman–Crippen MR) is 73.9 cm³/mol. The van der Waals surface area contributed by atoms with Gasteiger partial charge in [0.2, 0.25) is 0 Å². The second-order valence-electron chi connectivity index (χ2n) is 5.60. The fourth-order valence-corrected chi connectivity index (χ4v) is 1.80. The van der Waals surface area contributed by atoms with Crippen LogP contribution in [0.3, 0.4) is 0 Å². The lowest BCUT2D eigenvalue weighted by molar-refractivity contribution is -0.137. The third kappa shape index (κ3) is 6.12. The molecule has 0 spiro atoms. The second kappa shape index (κ2) is 6.85. The molecule has 0 bridgehead atoms. The molecule has 5 heteroatoms. The van der Waals surface area contributed by atoms with E-state index in [0.29, 0.717) is 6.61 Å². The molecular weight excluding hydrogens is 248 g/mol. The molecule has 0 radical (unpaired) electrons. The van der Waals surface area contributed by atoms with Crippen LogP contribution in [0.1, 0.15) is 27.7 Å². The van der Waals surface area contributed by atoms with Gasteiger partial charge in [-0.2, -0.15) is 0 Å². The quantitative estimate of drug-likeness (QED) is 0.424. The topological polar surface area (TPSA) is 52.6 Å². The Morgan fingerprint density at radius 3 is 2.17 bits per heavy atom. The van der Waals surface area contributed by atoms with E-state index in [4.69, 9.17) is 4.43 Å². The summed E-state index contributed by atoms with van der Waals surface area (Å²) in [6, 6.07) is 0. The molecule has 0 saturated heterocycles. The fraction of sp³-hybridized carbons (Fsp3) is 0.692. The van der Waals surface area contributed by atoms with Crippen molar-refractivity contribution in [2.75, 3.05) is 13.2 Å². The molecule has 4 nitrogen and oxygen atoms in total. The summed E-state index contributed by atoms with van der Waals surface area (Å²) in [5.41, 5.74) is 0. The summed E-state index contributed by atoms with van der Waals surface area (Å²) in [7, 11) is -1.91. The largest absolute Gasteiger partial charge is 0.463 e. The standard InChI is InChI=1S/C13H24O4Si/c1-7-16-12(15)9-8-11(14)10-17-18(5,6)13(2,3)4/h8-9H,7,10H2,1-6H3/b9-8+. The van der Waals surface area contributed by atoms with Gasteiger partial charge < -0.3 is 9.16 Å². The van der Waals surface area contributed by atoms with Gasteiger partial charge in [-0.25, -0.2) is 4.79 Å². The molecular formula is C13H24O4Si. The molecule has 0 aliphatic heterocycles. The predicted octanol–water partition coefficient (Wildman–Crippen LogP) is 2.70. The SMILES string of the molecule is CCOC(=O)/C=C/C(=O)CO[Si](C)(C)C(C)(C)C. The Labute approximate surface area is 110 Å². The first-order valence-corrected chi connectivity index (χ1v) is 9.02. The minimum Gasteiger partial charge on any atom is -0.463 e. The van der Waals surface area contributed by atoms with E-state index < -0.39 is 14.3 Å². The third-order valence-corrected chi connectivity index (χ3v) is 7.55. The van der Waals surface area contributed by atoms with Gasteiger partial charge in [-0.15, -0.1) is 0 Å². The molecule has 0 rings (SSSR count). The number of ketones is 1. The van der Waals surface area contributed by atoms with Crippen molar-refractivity contribution in [3.05, 3.63) is 12.2 Å². The Kier molecular flexibility index (Phi) is 6.49. The molecule has 0 aliphatic carbocycles. The molecule has 0 heterocycles. The van der Waals surface area contributed by atoms with Crippen molar-refractivity contribution in [2.45, 2.75) is 45.8 Å². The van der Waals surface area contributed by atoms with E-state index in [1.165, 1.54) is 6.08 Å². The van der Waals surface area contributed by atoms with Crippen LogP contribution in [0.15, 0.2) is 12.2 Å². The molecule has 0 unspecified atom stereocenters. The Balaban J connectivity index is 4.24. The molecule has 0 aromatic rings. The second-order valence-corrected chi connectivity index (χ2v) is 10.4. The highest BCUT2D eigenvalue weighted by Crippen LogP contribution is 2.36. The zero-order chi connectivity index (χ0) is 14.4. The zero-order valence-corrected chi connectivity index (χ0v) is 13.2. The number of carbonyl (C=O) groups is 2.